The normalized spacial score (nSPS) is 11.2. The summed E-state index contributed by atoms with van der Waals surface area (Å²) in [5, 5.41) is 11.0. The van der Waals surface area contributed by atoms with Crippen LogP contribution in [-0.4, -0.2) is 9.78 Å². The van der Waals surface area contributed by atoms with E-state index >= 15 is 0 Å². The second-order valence-electron chi connectivity index (χ2n) is 3.14. The molecule has 0 atom stereocenters. The average Bonchev–Trinajstić information content (AvgIpc) is 2.63. The highest BCUT2D eigenvalue weighted by Gasteiger charge is 2.06. The molecular formula is C10H8F2N4. The molecule has 4 nitrogen and oxygen atoms in total. The zero-order valence-corrected chi connectivity index (χ0v) is 8.43. The van der Waals surface area contributed by atoms with Gasteiger partial charge in [0.05, 0.1) is 12.4 Å². The van der Waals surface area contributed by atoms with Crippen LogP contribution >= 0.6 is 0 Å². The molecule has 2 aromatic rings. The third-order valence-corrected chi connectivity index (χ3v) is 1.89. The van der Waals surface area contributed by atoms with Gasteiger partial charge < -0.3 is 0 Å². The first-order valence-corrected chi connectivity index (χ1v) is 4.51. The first-order valence-electron chi connectivity index (χ1n) is 4.51. The van der Waals surface area contributed by atoms with Crippen molar-refractivity contribution in [2.75, 3.05) is 0 Å². The van der Waals surface area contributed by atoms with Gasteiger partial charge in [0.15, 0.2) is 17.3 Å². The van der Waals surface area contributed by atoms with Crippen LogP contribution in [0.3, 0.4) is 0 Å². The minimum absolute atomic E-state index is 0.397. The molecule has 0 aliphatic rings. The Morgan fingerprint density at radius 2 is 1.88 bits per heavy atom. The van der Waals surface area contributed by atoms with E-state index < -0.39 is 17.3 Å². The molecule has 0 aliphatic carbocycles. The monoisotopic (exact) mass is 222 g/mol. The quantitative estimate of drug-likeness (QED) is 0.720. The fourth-order valence-electron chi connectivity index (χ4n) is 1.15. The molecule has 0 saturated heterocycles. The van der Waals surface area contributed by atoms with Crippen LogP contribution in [-0.2, 0) is 7.05 Å². The molecule has 1 aromatic heterocycles. The van der Waals surface area contributed by atoms with E-state index in [0.29, 0.717) is 5.69 Å². The van der Waals surface area contributed by atoms with Gasteiger partial charge >= 0.3 is 0 Å². The largest absolute Gasteiger partial charge is 0.274 e. The third-order valence-electron chi connectivity index (χ3n) is 1.89. The Balaban J connectivity index is 2.30. The topological polar surface area (TPSA) is 42.5 Å². The number of aromatic nitrogens is 2. The number of hydrogen-bond donors (Lipinski definition) is 0. The number of hydrogen-bond acceptors (Lipinski definition) is 3. The lowest BCUT2D eigenvalue weighted by atomic mass is 10.3. The summed E-state index contributed by atoms with van der Waals surface area (Å²) in [5.74, 6) is -1.49. The Morgan fingerprint density at radius 1 is 1.19 bits per heavy atom. The molecule has 0 radical (unpaired) electrons. The van der Waals surface area contributed by atoms with E-state index in [1.54, 1.807) is 13.2 Å². The minimum atomic E-state index is -0.743. The van der Waals surface area contributed by atoms with Gasteiger partial charge in [0.1, 0.15) is 5.69 Å². The van der Waals surface area contributed by atoms with Crippen molar-refractivity contribution in [1.82, 2.24) is 9.78 Å². The molecule has 0 aliphatic heterocycles. The maximum atomic E-state index is 13.1. The fourth-order valence-corrected chi connectivity index (χ4v) is 1.15. The van der Waals surface area contributed by atoms with Crippen LogP contribution in [0.2, 0.25) is 0 Å². The summed E-state index contributed by atoms with van der Waals surface area (Å²) in [5.41, 5.74) is 0.0384. The second-order valence-corrected chi connectivity index (χ2v) is 3.14. The molecule has 6 heteroatoms. The molecule has 16 heavy (non-hydrogen) atoms. The maximum absolute atomic E-state index is 13.1. The van der Waals surface area contributed by atoms with Crippen LogP contribution in [0.1, 0.15) is 0 Å². The van der Waals surface area contributed by atoms with E-state index in [0.717, 1.165) is 12.1 Å². The predicted octanol–water partition coefficient (Wildman–Crippen LogP) is 3.11. The van der Waals surface area contributed by atoms with Crippen LogP contribution in [0.5, 0.6) is 0 Å². The van der Waals surface area contributed by atoms with Gasteiger partial charge in [-0.05, 0) is 12.1 Å². The number of benzene rings is 1. The van der Waals surface area contributed by atoms with Crippen molar-refractivity contribution in [3.8, 4) is 0 Å². The summed E-state index contributed by atoms with van der Waals surface area (Å²) in [6.07, 6.45) is 3.03. The molecule has 82 valence electrons. The molecule has 1 heterocycles. The van der Waals surface area contributed by atoms with Gasteiger partial charge in [-0.1, -0.05) is 6.07 Å². The van der Waals surface area contributed by atoms with Gasteiger partial charge in [-0.2, -0.15) is 5.10 Å². The molecule has 0 amide bonds. The summed E-state index contributed by atoms with van der Waals surface area (Å²) in [7, 11) is 1.71. The number of rotatable bonds is 2. The number of halogens is 2. The van der Waals surface area contributed by atoms with E-state index in [4.69, 9.17) is 0 Å². The fraction of sp³-hybridized carbons (Fsp3) is 0.100. The Labute approximate surface area is 90.2 Å². The SMILES string of the molecule is Cn1cc(/N=N/c2c(F)cccc2F)cn1. The van der Waals surface area contributed by atoms with Gasteiger partial charge in [-0.3, -0.25) is 4.68 Å². The van der Waals surface area contributed by atoms with Crippen LogP contribution in [0.25, 0.3) is 0 Å². The zero-order valence-electron chi connectivity index (χ0n) is 8.43. The number of azo groups is 1. The highest BCUT2D eigenvalue weighted by Crippen LogP contribution is 2.23. The first-order chi connectivity index (χ1) is 7.66. The van der Waals surface area contributed by atoms with Gasteiger partial charge in [-0.25, -0.2) is 8.78 Å². The standard InChI is InChI=1S/C10H8F2N4/c1-16-6-7(5-13-16)14-15-10-8(11)3-2-4-9(10)12/h2-6H,1H3/b15-14+. The Hall–Kier alpha value is -2.11. The maximum Gasteiger partial charge on any atom is 0.157 e. The van der Waals surface area contributed by atoms with Gasteiger partial charge in [0.25, 0.3) is 0 Å². The van der Waals surface area contributed by atoms with Gasteiger partial charge in [0.2, 0.25) is 0 Å². The summed E-state index contributed by atoms with van der Waals surface area (Å²) < 4.78 is 27.8. The van der Waals surface area contributed by atoms with Crippen LogP contribution in [0.15, 0.2) is 40.8 Å². The molecule has 0 spiro atoms. The molecular weight excluding hydrogens is 214 g/mol. The predicted molar refractivity (Wildman–Crippen MR) is 53.7 cm³/mol. The molecule has 1 aromatic carbocycles. The Bertz CT molecular complexity index is 513. The summed E-state index contributed by atoms with van der Waals surface area (Å²) >= 11 is 0. The third kappa shape index (κ3) is 2.10. The summed E-state index contributed by atoms with van der Waals surface area (Å²) in [6, 6.07) is 3.52. The summed E-state index contributed by atoms with van der Waals surface area (Å²) in [6.45, 7) is 0. The van der Waals surface area contributed by atoms with Crippen molar-refractivity contribution in [3.05, 3.63) is 42.2 Å². The molecule has 0 fully saturated rings. The second kappa shape index (κ2) is 4.18. The van der Waals surface area contributed by atoms with Crippen molar-refractivity contribution in [3.63, 3.8) is 0 Å². The van der Waals surface area contributed by atoms with E-state index in [-0.39, 0.29) is 0 Å². The molecule has 2 rings (SSSR count). The van der Waals surface area contributed by atoms with E-state index in [1.165, 1.54) is 16.9 Å². The van der Waals surface area contributed by atoms with Crippen LogP contribution < -0.4 is 0 Å². The van der Waals surface area contributed by atoms with E-state index in [2.05, 4.69) is 15.3 Å². The lowest BCUT2D eigenvalue weighted by molar-refractivity contribution is 0.585. The van der Waals surface area contributed by atoms with Crippen molar-refractivity contribution in [2.24, 2.45) is 17.3 Å². The summed E-state index contributed by atoms with van der Waals surface area (Å²) in [4.78, 5) is 0. The first kappa shape index (κ1) is 10.4. The van der Waals surface area contributed by atoms with E-state index in [1.807, 2.05) is 0 Å². The molecule has 0 saturated carbocycles. The molecule has 0 bridgehead atoms. The average molecular weight is 222 g/mol. The van der Waals surface area contributed by atoms with Crippen LogP contribution in [0, 0.1) is 11.6 Å². The van der Waals surface area contributed by atoms with Gasteiger partial charge in [-0.15, -0.1) is 10.2 Å². The smallest absolute Gasteiger partial charge is 0.157 e. The van der Waals surface area contributed by atoms with Crippen molar-refractivity contribution >= 4 is 11.4 Å². The Kier molecular flexibility index (Phi) is 2.72. The van der Waals surface area contributed by atoms with E-state index in [9.17, 15) is 8.78 Å². The van der Waals surface area contributed by atoms with Crippen LogP contribution in [0.4, 0.5) is 20.2 Å². The van der Waals surface area contributed by atoms with Crippen molar-refractivity contribution in [1.29, 1.82) is 0 Å². The number of aryl methyl sites for hydroxylation is 1. The lowest BCUT2D eigenvalue weighted by Gasteiger charge is -1.95. The van der Waals surface area contributed by atoms with Gasteiger partial charge in [0, 0.05) is 7.05 Å². The number of nitrogens with zero attached hydrogens (tertiary/aromatic N) is 4. The molecule has 0 unspecified atom stereocenters. The highest BCUT2D eigenvalue weighted by atomic mass is 19.1. The highest BCUT2D eigenvalue weighted by molar-refractivity contribution is 5.40. The lowest BCUT2D eigenvalue weighted by Crippen LogP contribution is -1.83. The zero-order chi connectivity index (χ0) is 11.5. The molecule has 0 N–H and O–H groups in total. The minimum Gasteiger partial charge on any atom is -0.274 e. The Morgan fingerprint density at radius 3 is 2.44 bits per heavy atom. The van der Waals surface area contributed by atoms with Crippen molar-refractivity contribution < 1.29 is 8.78 Å². The van der Waals surface area contributed by atoms with Crippen molar-refractivity contribution in [2.45, 2.75) is 0 Å².